The first-order valence-electron chi connectivity index (χ1n) is 12.4. The van der Waals surface area contributed by atoms with Crippen LogP contribution in [0.5, 0.6) is 17.2 Å². The summed E-state index contributed by atoms with van der Waals surface area (Å²) in [7, 11) is 3.10. The van der Waals surface area contributed by atoms with Crippen LogP contribution >= 0.6 is 0 Å². The summed E-state index contributed by atoms with van der Waals surface area (Å²) in [5, 5.41) is 24.5. The number of aliphatic carboxylic acids is 1. The summed E-state index contributed by atoms with van der Waals surface area (Å²) in [6.45, 7) is 1.23. The van der Waals surface area contributed by atoms with E-state index in [1.165, 1.54) is 19.2 Å². The molecule has 1 saturated heterocycles. The number of halogens is 3. The fourth-order valence-corrected chi connectivity index (χ4v) is 4.15. The van der Waals surface area contributed by atoms with Crippen molar-refractivity contribution in [1.82, 2.24) is 10.6 Å². The standard InChI is InChI=1S/C26H28N2O6.C2HF3O2/c1-32-22-6-3-5-17-13-20(24(33-2)14-19(17)22)26(31)34-23-7-4-12-27-15-21(23)28-25(30)16-8-10-18(29)11-9-16;3-2(4,5)1(6)7/h3,5-6,8-11,13-14,21,23,27,29H,4,7,12,15H2,1-2H3,(H,28,30);(H,6,7)/t21-,23-;/m1./s1. The zero-order valence-corrected chi connectivity index (χ0v) is 22.2. The van der Waals surface area contributed by atoms with Crippen LogP contribution in [0.3, 0.4) is 0 Å². The first-order valence-corrected chi connectivity index (χ1v) is 12.4. The van der Waals surface area contributed by atoms with Gasteiger partial charge in [0.2, 0.25) is 0 Å². The Kier molecular flexibility index (Phi) is 10.4. The van der Waals surface area contributed by atoms with Crippen LogP contribution < -0.4 is 20.1 Å². The number of rotatable bonds is 6. The number of carbonyl (C=O) groups is 3. The number of phenols is 1. The first kappa shape index (κ1) is 31.0. The molecule has 1 heterocycles. The van der Waals surface area contributed by atoms with Gasteiger partial charge in [0.25, 0.3) is 5.91 Å². The predicted molar refractivity (Wildman–Crippen MR) is 141 cm³/mol. The van der Waals surface area contributed by atoms with E-state index in [2.05, 4.69) is 10.6 Å². The number of hydrogen-bond donors (Lipinski definition) is 4. The molecule has 0 saturated carbocycles. The minimum atomic E-state index is -5.08. The van der Waals surface area contributed by atoms with Crippen LogP contribution in [0.1, 0.15) is 33.6 Å². The van der Waals surface area contributed by atoms with Crippen molar-refractivity contribution in [2.45, 2.75) is 31.2 Å². The fourth-order valence-electron chi connectivity index (χ4n) is 4.15. The fraction of sp³-hybridized carbons (Fsp3) is 0.321. The molecule has 3 aromatic rings. The van der Waals surface area contributed by atoms with Crippen LogP contribution in [0, 0.1) is 0 Å². The summed E-state index contributed by atoms with van der Waals surface area (Å²) in [6, 6.07) is 14.7. The van der Waals surface area contributed by atoms with E-state index in [1.54, 1.807) is 31.4 Å². The molecule has 220 valence electrons. The van der Waals surface area contributed by atoms with Crippen molar-refractivity contribution < 1.29 is 52.0 Å². The van der Waals surface area contributed by atoms with E-state index < -0.39 is 30.3 Å². The summed E-state index contributed by atoms with van der Waals surface area (Å²) >= 11 is 0. The minimum absolute atomic E-state index is 0.0847. The highest BCUT2D eigenvalue weighted by Crippen LogP contribution is 2.33. The van der Waals surface area contributed by atoms with Crippen molar-refractivity contribution in [2.75, 3.05) is 27.3 Å². The van der Waals surface area contributed by atoms with Crippen LogP contribution in [-0.2, 0) is 9.53 Å². The largest absolute Gasteiger partial charge is 0.508 e. The molecule has 0 aromatic heterocycles. The second-order valence-corrected chi connectivity index (χ2v) is 8.95. The maximum absolute atomic E-state index is 13.2. The van der Waals surface area contributed by atoms with Crippen LogP contribution in [-0.4, -0.2) is 73.7 Å². The number of benzene rings is 3. The van der Waals surface area contributed by atoms with Gasteiger partial charge in [-0.2, -0.15) is 13.2 Å². The lowest BCUT2D eigenvalue weighted by Gasteiger charge is -2.26. The number of amides is 1. The number of esters is 1. The third-order valence-electron chi connectivity index (χ3n) is 6.20. The zero-order chi connectivity index (χ0) is 30.2. The summed E-state index contributed by atoms with van der Waals surface area (Å²) in [6.07, 6.45) is -4.20. The molecule has 1 aliphatic rings. The van der Waals surface area contributed by atoms with Crippen LogP contribution in [0.4, 0.5) is 13.2 Å². The van der Waals surface area contributed by atoms with Gasteiger partial charge in [0, 0.05) is 17.5 Å². The van der Waals surface area contributed by atoms with Gasteiger partial charge in [0.05, 0.1) is 20.3 Å². The average molecular weight is 579 g/mol. The number of aromatic hydroxyl groups is 1. The molecular formula is C28H29F3N2O8. The number of carboxylic acid groups (broad SMARTS) is 1. The maximum Gasteiger partial charge on any atom is 0.490 e. The molecule has 13 heteroatoms. The van der Waals surface area contributed by atoms with E-state index in [0.29, 0.717) is 35.6 Å². The number of phenolic OH excluding ortho intramolecular Hbond substituents is 1. The van der Waals surface area contributed by atoms with Gasteiger partial charge in [-0.15, -0.1) is 0 Å². The Morgan fingerprint density at radius 2 is 1.66 bits per heavy atom. The Morgan fingerprint density at radius 1 is 1.00 bits per heavy atom. The van der Waals surface area contributed by atoms with Crippen LogP contribution in [0.25, 0.3) is 10.8 Å². The van der Waals surface area contributed by atoms with Crippen molar-refractivity contribution in [3.63, 3.8) is 0 Å². The summed E-state index contributed by atoms with van der Waals surface area (Å²) < 4.78 is 48.6. The van der Waals surface area contributed by atoms with E-state index >= 15 is 0 Å². The molecular weight excluding hydrogens is 549 g/mol. The summed E-state index contributed by atoms with van der Waals surface area (Å²) in [4.78, 5) is 34.9. The minimum Gasteiger partial charge on any atom is -0.508 e. The molecule has 0 radical (unpaired) electrons. The van der Waals surface area contributed by atoms with E-state index in [9.17, 15) is 27.9 Å². The number of ether oxygens (including phenoxy) is 3. The normalized spacial score (nSPS) is 16.9. The Hall–Kier alpha value is -4.52. The van der Waals surface area contributed by atoms with Crippen LogP contribution in [0.15, 0.2) is 54.6 Å². The van der Waals surface area contributed by atoms with Crippen molar-refractivity contribution >= 4 is 28.6 Å². The molecule has 10 nitrogen and oxygen atoms in total. The van der Waals surface area contributed by atoms with Crippen molar-refractivity contribution in [3.05, 3.63) is 65.7 Å². The zero-order valence-electron chi connectivity index (χ0n) is 22.2. The predicted octanol–water partition coefficient (Wildman–Crippen LogP) is 3.90. The Morgan fingerprint density at radius 3 is 2.27 bits per heavy atom. The van der Waals surface area contributed by atoms with Crippen molar-refractivity contribution in [2.24, 2.45) is 0 Å². The molecule has 1 fully saturated rings. The molecule has 0 bridgehead atoms. The molecule has 0 aliphatic carbocycles. The number of methoxy groups -OCH3 is 2. The molecule has 0 spiro atoms. The first-order chi connectivity index (χ1) is 19.4. The monoisotopic (exact) mass is 578 g/mol. The highest BCUT2D eigenvalue weighted by atomic mass is 19.4. The molecule has 1 aliphatic heterocycles. The number of nitrogens with one attached hydrogen (secondary N) is 2. The Labute approximate surface area is 233 Å². The van der Waals surface area contributed by atoms with E-state index in [1.807, 2.05) is 18.2 Å². The average Bonchev–Trinajstić information content (AvgIpc) is 3.16. The lowest BCUT2D eigenvalue weighted by molar-refractivity contribution is -0.192. The molecule has 4 N–H and O–H groups in total. The van der Waals surface area contributed by atoms with E-state index in [4.69, 9.17) is 24.1 Å². The number of hydrogen-bond acceptors (Lipinski definition) is 8. The van der Waals surface area contributed by atoms with E-state index in [-0.39, 0.29) is 11.7 Å². The number of carboxylic acids is 1. The van der Waals surface area contributed by atoms with Crippen molar-refractivity contribution in [1.29, 1.82) is 0 Å². The third-order valence-corrected chi connectivity index (χ3v) is 6.20. The van der Waals surface area contributed by atoms with Gasteiger partial charge in [-0.05, 0) is 67.2 Å². The summed E-state index contributed by atoms with van der Waals surface area (Å²) in [5.74, 6) is -2.42. The van der Waals surface area contributed by atoms with Crippen molar-refractivity contribution in [3.8, 4) is 17.2 Å². The van der Waals surface area contributed by atoms with Gasteiger partial charge in [0.1, 0.15) is 28.9 Å². The third kappa shape index (κ3) is 8.24. The Balaban J connectivity index is 0.000000587. The highest BCUT2D eigenvalue weighted by molar-refractivity contribution is 6.00. The lowest BCUT2D eigenvalue weighted by atomic mass is 10.0. The molecule has 1 amide bonds. The molecule has 41 heavy (non-hydrogen) atoms. The topological polar surface area (TPSA) is 143 Å². The van der Waals surface area contributed by atoms with Gasteiger partial charge in [-0.1, -0.05) is 12.1 Å². The van der Waals surface area contributed by atoms with Gasteiger partial charge in [0.15, 0.2) is 0 Å². The molecule has 3 aromatic carbocycles. The maximum atomic E-state index is 13.2. The van der Waals surface area contributed by atoms with Gasteiger partial charge >= 0.3 is 18.1 Å². The number of fused-ring (bicyclic) bond motifs is 1. The van der Waals surface area contributed by atoms with Crippen LogP contribution in [0.2, 0.25) is 0 Å². The highest BCUT2D eigenvalue weighted by Gasteiger charge is 2.38. The molecule has 4 rings (SSSR count). The molecule has 2 atom stereocenters. The van der Waals surface area contributed by atoms with E-state index in [0.717, 1.165) is 23.7 Å². The quantitative estimate of drug-likeness (QED) is 0.320. The Bertz CT molecular complexity index is 1380. The SMILES string of the molecule is COc1cc2c(OC)cccc2cc1C(=O)O[C@@H]1CCCNC[C@H]1NC(=O)c1ccc(O)cc1.O=C(O)C(F)(F)F. The van der Waals surface area contributed by atoms with Gasteiger partial charge in [-0.3, -0.25) is 4.79 Å². The van der Waals surface area contributed by atoms with Gasteiger partial charge < -0.3 is 35.1 Å². The van der Waals surface area contributed by atoms with Gasteiger partial charge in [-0.25, -0.2) is 9.59 Å². The number of carbonyl (C=O) groups excluding carboxylic acids is 2. The smallest absolute Gasteiger partial charge is 0.490 e. The number of alkyl halides is 3. The lowest BCUT2D eigenvalue weighted by Crippen LogP contribution is -2.49. The second kappa shape index (κ2) is 13.7. The second-order valence-electron chi connectivity index (χ2n) is 8.95. The summed E-state index contributed by atoms with van der Waals surface area (Å²) in [5.41, 5.74) is 0.723. The molecule has 0 unspecified atom stereocenters.